The fourth-order valence-corrected chi connectivity index (χ4v) is 2.60. The molecule has 0 saturated heterocycles. The van der Waals surface area contributed by atoms with E-state index in [0.29, 0.717) is 12.6 Å². The molecule has 14 heteroatoms. The van der Waals surface area contributed by atoms with E-state index in [1.807, 2.05) is 5.32 Å². The van der Waals surface area contributed by atoms with Crippen molar-refractivity contribution in [3.8, 4) is 0 Å². The number of halogens is 9. The van der Waals surface area contributed by atoms with Crippen LogP contribution in [0.15, 0.2) is 18.2 Å². The van der Waals surface area contributed by atoms with Gasteiger partial charge >= 0.3 is 18.3 Å². The van der Waals surface area contributed by atoms with Gasteiger partial charge in [0, 0.05) is 24.3 Å². The molecule has 1 aromatic heterocycles. The van der Waals surface area contributed by atoms with Crippen molar-refractivity contribution >= 4 is 23.2 Å². The molecule has 0 saturated carbocycles. The summed E-state index contributed by atoms with van der Waals surface area (Å²) in [6.07, 6.45) is -12.1. The molecule has 0 spiro atoms. The third kappa shape index (κ3) is 4.29. The lowest BCUT2D eigenvalue weighted by atomic mass is 10.1. The summed E-state index contributed by atoms with van der Waals surface area (Å²) in [5.74, 6) is -7.55. The molecule has 0 aliphatic carbocycles. The van der Waals surface area contributed by atoms with Crippen molar-refractivity contribution < 1.29 is 39.9 Å². The number of aromatic nitrogens is 2. The summed E-state index contributed by atoms with van der Waals surface area (Å²) in [6.45, 7) is -0.0932. The number of carbonyl (C=O) groups excluding carboxylic acids is 1. The largest absolute Gasteiger partial charge is 0.459 e. The molecular weight excluding hydrogens is 440 g/mol. The number of carbonyl (C=O) groups is 1. The van der Waals surface area contributed by atoms with E-state index < -0.39 is 41.1 Å². The fraction of sp³-hybridized carbons (Fsp3) is 0.333. The Bertz CT molecular complexity index is 936. The van der Waals surface area contributed by atoms with Gasteiger partial charge in [-0.2, -0.15) is 40.2 Å². The lowest BCUT2D eigenvalue weighted by molar-refractivity contribution is -0.292. The minimum atomic E-state index is -6.36. The van der Waals surface area contributed by atoms with Crippen LogP contribution in [0.25, 0.3) is 0 Å². The van der Waals surface area contributed by atoms with Crippen LogP contribution in [0.1, 0.15) is 27.3 Å². The summed E-state index contributed by atoms with van der Waals surface area (Å²) >= 11 is 5.81. The minimum Gasteiger partial charge on any atom is -0.326 e. The average molecular weight is 451 g/mol. The third-order valence-electron chi connectivity index (χ3n) is 3.72. The van der Waals surface area contributed by atoms with Gasteiger partial charge in [-0.15, -0.1) is 0 Å². The number of nitrogens with zero attached hydrogens (tertiary/aromatic N) is 2. The number of nitrogens with two attached hydrogens (primary N) is 1. The summed E-state index contributed by atoms with van der Waals surface area (Å²) in [4.78, 5) is 12.3. The average Bonchev–Trinajstić information content (AvgIpc) is 2.94. The van der Waals surface area contributed by atoms with Gasteiger partial charge in [0.05, 0.1) is 0 Å². The van der Waals surface area contributed by atoms with E-state index in [9.17, 15) is 39.9 Å². The number of alkyl halides is 8. The Balaban J connectivity index is 2.60. The number of hydrogen-bond donors (Lipinski definition) is 2. The number of amides is 1. The number of aryl methyl sites for hydroxylation is 1. The van der Waals surface area contributed by atoms with E-state index in [0.717, 1.165) is 0 Å². The molecule has 5 nitrogen and oxygen atoms in total. The highest BCUT2D eigenvalue weighted by molar-refractivity contribution is 6.31. The standard InChI is InChI=1S/C15H11ClF8N4O/c1-28-10(12(29)26-7-2-3-8(16)6(4-7)5-25)9(14(19,20)21)11(27-28)13(17,18)15(22,23)24/h2-4H,5,25H2,1H3,(H,26,29). The smallest absolute Gasteiger partial charge is 0.326 e. The first kappa shape index (κ1) is 22.9. The summed E-state index contributed by atoms with van der Waals surface area (Å²) in [7, 11) is 0.632. The Kier molecular flexibility index (Phi) is 5.87. The van der Waals surface area contributed by atoms with Gasteiger partial charge in [-0.25, -0.2) is 0 Å². The number of nitrogens with one attached hydrogen (secondary N) is 1. The zero-order valence-electron chi connectivity index (χ0n) is 14.2. The summed E-state index contributed by atoms with van der Waals surface area (Å²) < 4.78 is 105. The Morgan fingerprint density at radius 1 is 1.17 bits per heavy atom. The SMILES string of the molecule is Cn1nc(C(F)(F)C(F)(F)F)c(C(F)(F)F)c1C(=O)Nc1ccc(Cl)c(CN)c1. The first-order valence-corrected chi connectivity index (χ1v) is 7.88. The van der Waals surface area contributed by atoms with E-state index in [1.165, 1.54) is 18.2 Å². The molecule has 0 unspecified atom stereocenters. The van der Waals surface area contributed by atoms with Crippen LogP contribution in [-0.4, -0.2) is 21.9 Å². The Morgan fingerprint density at radius 3 is 2.24 bits per heavy atom. The highest BCUT2D eigenvalue weighted by Crippen LogP contribution is 2.48. The molecule has 1 amide bonds. The number of rotatable bonds is 4. The predicted molar refractivity (Wildman–Crippen MR) is 85.5 cm³/mol. The maximum absolute atomic E-state index is 13.6. The molecule has 1 heterocycles. The van der Waals surface area contributed by atoms with Crippen LogP contribution in [0, 0.1) is 0 Å². The zero-order valence-corrected chi connectivity index (χ0v) is 15.0. The lowest BCUT2D eigenvalue weighted by Gasteiger charge is -2.19. The van der Waals surface area contributed by atoms with Crippen LogP contribution >= 0.6 is 11.6 Å². The van der Waals surface area contributed by atoms with Gasteiger partial charge in [0.15, 0.2) is 5.69 Å². The van der Waals surface area contributed by atoms with Crippen LogP contribution in [0.3, 0.4) is 0 Å². The topological polar surface area (TPSA) is 72.9 Å². The Labute approximate surface area is 162 Å². The first-order chi connectivity index (χ1) is 13.1. The Morgan fingerprint density at radius 2 is 1.76 bits per heavy atom. The van der Waals surface area contributed by atoms with Crippen molar-refractivity contribution in [2.45, 2.75) is 24.8 Å². The van der Waals surface area contributed by atoms with Gasteiger partial charge in [0.1, 0.15) is 11.3 Å². The molecular formula is C15H11ClF8N4O. The summed E-state index contributed by atoms with van der Waals surface area (Å²) in [5.41, 5.74) is -1.04. The summed E-state index contributed by atoms with van der Waals surface area (Å²) in [6, 6.07) is 3.64. The maximum atomic E-state index is 13.6. The van der Waals surface area contributed by atoms with Crippen LogP contribution in [-0.2, 0) is 25.7 Å². The van der Waals surface area contributed by atoms with Crippen LogP contribution in [0.5, 0.6) is 0 Å². The van der Waals surface area contributed by atoms with Gasteiger partial charge in [-0.1, -0.05) is 11.6 Å². The highest BCUT2D eigenvalue weighted by Gasteiger charge is 2.64. The fourth-order valence-electron chi connectivity index (χ4n) is 2.41. The monoisotopic (exact) mass is 450 g/mol. The molecule has 160 valence electrons. The molecule has 0 atom stereocenters. The molecule has 29 heavy (non-hydrogen) atoms. The van der Waals surface area contributed by atoms with Crippen LogP contribution < -0.4 is 11.1 Å². The quantitative estimate of drug-likeness (QED) is 0.676. The molecule has 2 rings (SSSR count). The number of anilines is 1. The highest BCUT2D eigenvalue weighted by atomic mass is 35.5. The van der Waals surface area contributed by atoms with Crippen LogP contribution in [0.4, 0.5) is 40.8 Å². The molecule has 1 aromatic carbocycles. The number of benzene rings is 1. The molecule has 0 bridgehead atoms. The van der Waals surface area contributed by atoms with E-state index in [1.54, 1.807) is 0 Å². The van der Waals surface area contributed by atoms with Gasteiger partial charge in [0.2, 0.25) is 0 Å². The van der Waals surface area contributed by atoms with Crippen LogP contribution in [0.2, 0.25) is 5.02 Å². The second-order valence-corrected chi connectivity index (χ2v) is 6.14. The predicted octanol–water partition coefficient (Wildman–Crippen LogP) is 4.46. The van der Waals surface area contributed by atoms with E-state index in [2.05, 4.69) is 5.10 Å². The molecule has 0 fully saturated rings. The van der Waals surface area contributed by atoms with Crippen molar-refractivity contribution in [3.63, 3.8) is 0 Å². The van der Waals surface area contributed by atoms with E-state index in [4.69, 9.17) is 17.3 Å². The second kappa shape index (κ2) is 7.44. The molecule has 0 aliphatic rings. The van der Waals surface area contributed by atoms with Crippen molar-refractivity contribution in [1.29, 1.82) is 0 Å². The minimum absolute atomic E-state index is 0.00685. The van der Waals surface area contributed by atoms with Crippen molar-refractivity contribution in [3.05, 3.63) is 45.7 Å². The van der Waals surface area contributed by atoms with Gasteiger partial charge in [-0.3, -0.25) is 9.48 Å². The first-order valence-electron chi connectivity index (χ1n) is 7.50. The van der Waals surface area contributed by atoms with E-state index in [-0.39, 0.29) is 21.9 Å². The summed E-state index contributed by atoms with van der Waals surface area (Å²) in [5, 5.41) is 4.82. The van der Waals surface area contributed by atoms with E-state index >= 15 is 0 Å². The molecule has 3 N–H and O–H groups in total. The number of hydrogen-bond acceptors (Lipinski definition) is 3. The molecule has 0 radical (unpaired) electrons. The second-order valence-electron chi connectivity index (χ2n) is 5.73. The molecule has 0 aliphatic heterocycles. The van der Waals surface area contributed by atoms with Gasteiger partial charge in [-0.05, 0) is 23.8 Å². The van der Waals surface area contributed by atoms with Crippen molar-refractivity contribution in [2.24, 2.45) is 12.8 Å². The molecule has 2 aromatic rings. The third-order valence-corrected chi connectivity index (χ3v) is 4.09. The van der Waals surface area contributed by atoms with Crippen molar-refractivity contribution in [1.82, 2.24) is 9.78 Å². The normalized spacial score (nSPS) is 12.9. The van der Waals surface area contributed by atoms with Crippen molar-refractivity contribution in [2.75, 3.05) is 5.32 Å². The lowest BCUT2D eigenvalue weighted by Crippen LogP contribution is -2.36. The van der Waals surface area contributed by atoms with Gasteiger partial charge in [0.25, 0.3) is 5.91 Å². The van der Waals surface area contributed by atoms with Gasteiger partial charge < -0.3 is 11.1 Å². The zero-order chi connectivity index (χ0) is 22.4. The maximum Gasteiger partial charge on any atom is 0.459 e. The Hall–Kier alpha value is -2.41.